The lowest BCUT2D eigenvalue weighted by molar-refractivity contribution is -0.0379. The molecule has 128 valence electrons. The first-order valence-corrected chi connectivity index (χ1v) is 8.92. The maximum atomic E-state index is 9.34. The molecule has 7 nitrogen and oxygen atoms in total. The minimum absolute atomic E-state index is 0.171. The molecule has 0 aromatic carbocycles. The standard InChI is InChI=1S/C16H21N5O2S/c1-9(22)5-17-6-12-19-14-13-10-4-16(2,3)23-7-11(10)24-15(13)18-8-21(14)20-12/h8-9,17,22H,4-7H2,1-3H3/t9-/m0/s1. The van der Waals surface area contributed by atoms with Gasteiger partial charge in [0.05, 0.1) is 30.2 Å². The van der Waals surface area contributed by atoms with Crippen LogP contribution in [0.15, 0.2) is 6.33 Å². The Labute approximate surface area is 143 Å². The molecule has 1 atom stereocenters. The van der Waals surface area contributed by atoms with Crippen LogP contribution in [0.25, 0.3) is 15.9 Å². The van der Waals surface area contributed by atoms with E-state index in [9.17, 15) is 5.11 Å². The maximum absolute atomic E-state index is 9.34. The Kier molecular flexibility index (Phi) is 3.80. The molecule has 0 fully saturated rings. The van der Waals surface area contributed by atoms with Gasteiger partial charge in [-0.25, -0.2) is 14.5 Å². The van der Waals surface area contributed by atoms with Gasteiger partial charge in [-0.1, -0.05) is 0 Å². The molecular formula is C16H21N5O2S. The average Bonchev–Trinajstić information content (AvgIpc) is 3.05. The molecule has 0 bridgehead atoms. The molecule has 3 aromatic heterocycles. The SMILES string of the molecule is C[C@H](O)CNCc1nc2c3c4c(sc3ncn2n1)COC(C)(C)C4. The number of thiophene rings is 1. The number of nitrogens with zero attached hydrogens (tertiary/aromatic N) is 4. The molecule has 4 rings (SSSR count). The Morgan fingerprint density at radius 3 is 3.12 bits per heavy atom. The van der Waals surface area contributed by atoms with Crippen molar-refractivity contribution in [2.24, 2.45) is 0 Å². The second-order valence-corrected chi connectivity index (χ2v) is 8.01. The summed E-state index contributed by atoms with van der Waals surface area (Å²) in [5, 5.41) is 18.1. The zero-order chi connectivity index (χ0) is 16.9. The molecule has 24 heavy (non-hydrogen) atoms. The first-order chi connectivity index (χ1) is 11.4. The lowest BCUT2D eigenvalue weighted by atomic mass is 9.94. The Balaban J connectivity index is 1.76. The van der Waals surface area contributed by atoms with Gasteiger partial charge in [-0.05, 0) is 26.3 Å². The van der Waals surface area contributed by atoms with Crippen LogP contribution < -0.4 is 5.32 Å². The molecule has 0 saturated carbocycles. The van der Waals surface area contributed by atoms with Crippen LogP contribution in [0, 0.1) is 0 Å². The predicted molar refractivity (Wildman–Crippen MR) is 92.1 cm³/mol. The summed E-state index contributed by atoms with van der Waals surface area (Å²) in [7, 11) is 0. The van der Waals surface area contributed by atoms with E-state index in [1.807, 2.05) is 0 Å². The van der Waals surface area contributed by atoms with E-state index in [1.165, 1.54) is 10.4 Å². The van der Waals surface area contributed by atoms with Crippen molar-refractivity contribution < 1.29 is 9.84 Å². The van der Waals surface area contributed by atoms with Gasteiger partial charge in [0.1, 0.15) is 11.2 Å². The monoisotopic (exact) mass is 347 g/mol. The summed E-state index contributed by atoms with van der Waals surface area (Å²) in [5.74, 6) is 0.705. The van der Waals surface area contributed by atoms with E-state index in [0.717, 1.165) is 22.3 Å². The fraction of sp³-hybridized carbons (Fsp3) is 0.562. The largest absolute Gasteiger partial charge is 0.392 e. The van der Waals surface area contributed by atoms with Gasteiger partial charge in [0.15, 0.2) is 11.5 Å². The highest BCUT2D eigenvalue weighted by molar-refractivity contribution is 7.19. The van der Waals surface area contributed by atoms with Gasteiger partial charge in [0.2, 0.25) is 0 Å². The number of hydrogen-bond donors (Lipinski definition) is 2. The number of nitrogens with one attached hydrogen (secondary N) is 1. The van der Waals surface area contributed by atoms with Gasteiger partial charge in [-0.3, -0.25) is 0 Å². The molecular weight excluding hydrogens is 326 g/mol. The summed E-state index contributed by atoms with van der Waals surface area (Å²) in [4.78, 5) is 11.5. The second kappa shape index (κ2) is 5.73. The number of aliphatic hydroxyl groups is 1. The van der Waals surface area contributed by atoms with Gasteiger partial charge < -0.3 is 15.2 Å². The van der Waals surface area contributed by atoms with Gasteiger partial charge in [0.25, 0.3) is 0 Å². The number of fused-ring (bicyclic) bond motifs is 5. The second-order valence-electron chi connectivity index (χ2n) is 6.93. The quantitative estimate of drug-likeness (QED) is 0.747. The molecule has 0 unspecified atom stereocenters. The summed E-state index contributed by atoms with van der Waals surface area (Å²) >= 11 is 1.68. The summed E-state index contributed by atoms with van der Waals surface area (Å²) in [6.07, 6.45) is 2.18. The molecule has 1 aliphatic heterocycles. The first kappa shape index (κ1) is 15.9. The highest BCUT2D eigenvalue weighted by Gasteiger charge is 2.30. The van der Waals surface area contributed by atoms with E-state index in [1.54, 1.807) is 29.1 Å². The van der Waals surface area contributed by atoms with E-state index < -0.39 is 0 Å². The van der Waals surface area contributed by atoms with E-state index in [4.69, 9.17) is 9.72 Å². The summed E-state index contributed by atoms with van der Waals surface area (Å²) in [5.41, 5.74) is 1.97. The van der Waals surface area contributed by atoms with Crippen LogP contribution in [-0.4, -0.2) is 42.9 Å². The van der Waals surface area contributed by atoms with E-state index in [-0.39, 0.29) is 11.7 Å². The Morgan fingerprint density at radius 2 is 2.33 bits per heavy atom. The Hall–Kier alpha value is -1.61. The third-order valence-electron chi connectivity index (χ3n) is 4.17. The fourth-order valence-electron chi connectivity index (χ4n) is 3.05. The molecule has 1 aliphatic rings. The third-order valence-corrected chi connectivity index (χ3v) is 5.29. The van der Waals surface area contributed by atoms with Crippen LogP contribution in [0.1, 0.15) is 37.0 Å². The highest BCUT2D eigenvalue weighted by atomic mass is 32.1. The number of aliphatic hydroxyl groups excluding tert-OH is 1. The van der Waals surface area contributed by atoms with Gasteiger partial charge in [-0.15, -0.1) is 16.4 Å². The van der Waals surface area contributed by atoms with Crippen molar-refractivity contribution >= 4 is 27.2 Å². The summed E-state index contributed by atoms with van der Waals surface area (Å²) < 4.78 is 7.67. The maximum Gasteiger partial charge on any atom is 0.168 e. The number of hydrogen-bond acceptors (Lipinski definition) is 7. The third kappa shape index (κ3) is 2.79. The minimum Gasteiger partial charge on any atom is -0.392 e. The predicted octanol–water partition coefficient (Wildman–Crippen LogP) is 1.66. The van der Waals surface area contributed by atoms with Crippen LogP contribution >= 0.6 is 11.3 Å². The van der Waals surface area contributed by atoms with Crippen LogP contribution in [0.5, 0.6) is 0 Å². The smallest absolute Gasteiger partial charge is 0.168 e. The van der Waals surface area contributed by atoms with Gasteiger partial charge in [0, 0.05) is 17.8 Å². The molecule has 3 aromatic rings. The number of ether oxygens (including phenoxy) is 1. The van der Waals surface area contributed by atoms with E-state index in [2.05, 4.69) is 29.2 Å². The van der Waals surface area contributed by atoms with Crippen molar-refractivity contribution in [1.29, 1.82) is 0 Å². The van der Waals surface area contributed by atoms with Gasteiger partial charge >= 0.3 is 0 Å². The zero-order valence-corrected chi connectivity index (χ0v) is 14.9. The number of aromatic nitrogens is 4. The molecule has 4 heterocycles. The molecule has 0 spiro atoms. The first-order valence-electron chi connectivity index (χ1n) is 8.10. The topological polar surface area (TPSA) is 84.6 Å². The van der Waals surface area contributed by atoms with Crippen LogP contribution in [0.3, 0.4) is 0 Å². The molecule has 0 radical (unpaired) electrons. The van der Waals surface area contributed by atoms with Crippen LogP contribution in [-0.2, 0) is 24.3 Å². The number of rotatable bonds is 4. The van der Waals surface area contributed by atoms with Crippen molar-refractivity contribution in [3.05, 3.63) is 22.6 Å². The average molecular weight is 347 g/mol. The summed E-state index contributed by atoms with van der Waals surface area (Å²) in [6.45, 7) is 7.65. The highest BCUT2D eigenvalue weighted by Crippen LogP contribution is 2.39. The minimum atomic E-state index is -0.387. The van der Waals surface area contributed by atoms with Crippen molar-refractivity contribution in [2.45, 2.75) is 52.0 Å². The zero-order valence-electron chi connectivity index (χ0n) is 14.0. The van der Waals surface area contributed by atoms with Crippen molar-refractivity contribution in [3.8, 4) is 0 Å². The molecule has 0 saturated heterocycles. The Morgan fingerprint density at radius 1 is 1.50 bits per heavy atom. The lowest BCUT2D eigenvalue weighted by Gasteiger charge is -2.30. The molecule has 2 N–H and O–H groups in total. The Bertz CT molecular complexity index is 899. The fourth-order valence-corrected chi connectivity index (χ4v) is 4.12. The normalized spacial score (nSPS) is 18.2. The van der Waals surface area contributed by atoms with Crippen LogP contribution in [0.2, 0.25) is 0 Å². The molecule has 8 heteroatoms. The van der Waals surface area contributed by atoms with Gasteiger partial charge in [-0.2, -0.15) is 0 Å². The van der Waals surface area contributed by atoms with E-state index >= 15 is 0 Å². The molecule has 0 aliphatic carbocycles. The van der Waals surface area contributed by atoms with Crippen molar-refractivity contribution in [1.82, 2.24) is 24.9 Å². The van der Waals surface area contributed by atoms with Crippen LogP contribution in [0.4, 0.5) is 0 Å². The summed E-state index contributed by atoms with van der Waals surface area (Å²) in [6, 6.07) is 0. The van der Waals surface area contributed by atoms with E-state index in [0.29, 0.717) is 25.5 Å². The molecule has 0 amide bonds. The van der Waals surface area contributed by atoms with Crippen molar-refractivity contribution in [3.63, 3.8) is 0 Å². The lowest BCUT2D eigenvalue weighted by Crippen LogP contribution is -2.31. The van der Waals surface area contributed by atoms with Crippen molar-refractivity contribution in [2.75, 3.05) is 6.54 Å².